The minimum absolute atomic E-state index is 0.849. The summed E-state index contributed by atoms with van der Waals surface area (Å²) in [5, 5.41) is 15.8. The summed E-state index contributed by atoms with van der Waals surface area (Å²) < 4.78 is 5.93. The van der Waals surface area contributed by atoms with Crippen molar-refractivity contribution in [2.24, 2.45) is 0 Å². The van der Waals surface area contributed by atoms with Gasteiger partial charge in [0.25, 0.3) is 0 Å². The van der Waals surface area contributed by atoms with Crippen molar-refractivity contribution in [2.45, 2.75) is 0 Å². The van der Waals surface area contributed by atoms with E-state index in [0.717, 1.165) is 84.1 Å². The van der Waals surface area contributed by atoms with Gasteiger partial charge in [0.1, 0.15) is 0 Å². The van der Waals surface area contributed by atoms with Gasteiger partial charge in [0.15, 0.2) is 16.9 Å². The monoisotopic (exact) mass is 654 g/mol. The molecule has 6 nitrogen and oxygen atoms in total. The van der Waals surface area contributed by atoms with Crippen molar-refractivity contribution in [1.29, 1.82) is 0 Å². The van der Waals surface area contributed by atoms with Gasteiger partial charge in [-0.15, -0.1) is 0 Å². The van der Waals surface area contributed by atoms with Gasteiger partial charge in [-0.3, -0.25) is 0 Å². The average molecular weight is 655 g/mol. The molecular formula is C45H30N6. The topological polar surface area (TPSA) is 51.9 Å². The first-order chi connectivity index (χ1) is 25.3. The first-order valence-electron chi connectivity index (χ1n) is 17.1. The van der Waals surface area contributed by atoms with E-state index in [1.54, 1.807) is 0 Å². The van der Waals surface area contributed by atoms with Crippen LogP contribution in [0.4, 0.5) is 0 Å². The zero-order valence-corrected chi connectivity index (χ0v) is 27.5. The maximum absolute atomic E-state index is 5.28. The molecule has 10 aromatic rings. The van der Waals surface area contributed by atoms with Crippen molar-refractivity contribution in [3.8, 4) is 67.2 Å². The van der Waals surface area contributed by atoms with Crippen molar-refractivity contribution in [1.82, 2.24) is 28.8 Å². The second-order valence-corrected chi connectivity index (χ2v) is 12.6. The van der Waals surface area contributed by atoms with E-state index < -0.39 is 0 Å². The van der Waals surface area contributed by atoms with Gasteiger partial charge >= 0.3 is 0 Å². The SMILES string of the molecule is c1ccc(-c2ccccc2-c2cc3n(n2)c2cc(-c4ccccc4-c4ccccc4)nn2c2cc(-c4ccccc4-c4ccccc4)nn32)cc1. The lowest BCUT2D eigenvalue weighted by molar-refractivity contribution is 0.831. The van der Waals surface area contributed by atoms with Crippen molar-refractivity contribution < 1.29 is 0 Å². The molecule has 240 valence electrons. The molecule has 10 rings (SSSR count). The molecule has 0 saturated carbocycles. The Morgan fingerprint density at radius 3 is 0.765 bits per heavy atom. The van der Waals surface area contributed by atoms with E-state index in [0.29, 0.717) is 0 Å². The first-order valence-corrected chi connectivity index (χ1v) is 17.1. The van der Waals surface area contributed by atoms with Crippen LogP contribution in [0.5, 0.6) is 0 Å². The number of benzene rings is 6. The second kappa shape index (κ2) is 11.8. The van der Waals surface area contributed by atoms with Crippen LogP contribution in [0.3, 0.4) is 0 Å². The van der Waals surface area contributed by atoms with E-state index >= 15 is 0 Å². The summed E-state index contributed by atoms with van der Waals surface area (Å²) in [5.74, 6) is 0. The van der Waals surface area contributed by atoms with Gasteiger partial charge in [-0.2, -0.15) is 28.8 Å². The van der Waals surface area contributed by atoms with E-state index in [4.69, 9.17) is 15.3 Å². The van der Waals surface area contributed by atoms with Gasteiger partial charge in [-0.25, -0.2) is 0 Å². The molecule has 0 radical (unpaired) electrons. The molecule has 0 amide bonds. The van der Waals surface area contributed by atoms with Crippen molar-refractivity contribution in [3.63, 3.8) is 0 Å². The molecule has 0 aliphatic heterocycles. The van der Waals surface area contributed by atoms with Crippen LogP contribution in [0, 0.1) is 0 Å². The van der Waals surface area contributed by atoms with E-state index in [2.05, 4.69) is 164 Å². The highest BCUT2D eigenvalue weighted by Gasteiger charge is 2.21. The highest BCUT2D eigenvalue weighted by Crippen LogP contribution is 2.37. The Bertz CT molecular complexity index is 2440. The maximum Gasteiger partial charge on any atom is 0.162 e. The van der Waals surface area contributed by atoms with Crippen molar-refractivity contribution in [2.75, 3.05) is 0 Å². The number of rotatable bonds is 6. The van der Waals surface area contributed by atoms with E-state index in [9.17, 15) is 0 Å². The summed E-state index contributed by atoms with van der Waals surface area (Å²) in [6.45, 7) is 0. The highest BCUT2D eigenvalue weighted by atomic mass is 15.4. The summed E-state index contributed by atoms with van der Waals surface area (Å²) in [6.07, 6.45) is 0. The molecule has 0 spiro atoms. The van der Waals surface area contributed by atoms with E-state index in [-0.39, 0.29) is 0 Å². The molecule has 51 heavy (non-hydrogen) atoms. The summed E-state index contributed by atoms with van der Waals surface area (Å²) in [7, 11) is 0. The minimum atomic E-state index is 0.849. The summed E-state index contributed by atoms with van der Waals surface area (Å²) in [5.41, 5.74) is 15.1. The van der Waals surface area contributed by atoms with Crippen molar-refractivity contribution >= 4 is 16.9 Å². The van der Waals surface area contributed by atoms with Gasteiger partial charge < -0.3 is 0 Å². The molecule has 0 aliphatic rings. The van der Waals surface area contributed by atoms with Crippen LogP contribution in [-0.2, 0) is 0 Å². The zero-order valence-electron chi connectivity index (χ0n) is 27.5. The Kier molecular flexibility index (Phi) is 6.70. The molecule has 0 bridgehead atoms. The minimum Gasteiger partial charge on any atom is -0.196 e. The molecule has 4 heterocycles. The quantitative estimate of drug-likeness (QED) is 0.179. The van der Waals surface area contributed by atoms with Crippen molar-refractivity contribution in [3.05, 3.63) is 182 Å². The molecular weight excluding hydrogens is 625 g/mol. The number of hydrogen-bond acceptors (Lipinski definition) is 3. The van der Waals surface area contributed by atoms with Crippen LogP contribution in [0.1, 0.15) is 0 Å². The molecule has 0 saturated heterocycles. The van der Waals surface area contributed by atoms with Crippen LogP contribution in [0.15, 0.2) is 182 Å². The smallest absolute Gasteiger partial charge is 0.162 e. The largest absolute Gasteiger partial charge is 0.196 e. The van der Waals surface area contributed by atoms with Gasteiger partial charge in [0, 0.05) is 34.9 Å². The lowest BCUT2D eigenvalue weighted by atomic mass is 9.98. The van der Waals surface area contributed by atoms with Gasteiger partial charge in [0.05, 0.1) is 17.1 Å². The number of nitrogens with zero attached hydrogens (tertiary/aromatic N) is 6. The molecule has 0 fully saturated rings. The van der Waals surface area contributed by atoms with Crippen LogP contribution in [-0.4, -0.2) is 28.8 Å². The summed E-state index contributed by atoms with van der Waals surface area (Å²) in [4.78, 5) is 0. The predicted octanol–water partition coefficient (Wildman–Crippen LogP) is 10.6. The summed E-state index contributed by atoms with van der Waals surface area (Å²) >= 11 is 0. The molecule has 6 aromatic carbocycles. The Hall–Kier alpha value is -7.05. The lowest BCUT2D eigenvalue weighted by Gasteiger charge is -2.07. The molecule has 6 heteroatoms. The first kappa shape index (κ1) is 28.9. The Morgan fingerprint density at radius 1 is 0.255 bits per heavy atom. The fraction of sp³-hybridized carbons (Fsp3) is 0. The Morgan fingerprint density at radius 2 is 0.490 bits per heavy atom. The van der Waals surface area contributed by atoms with Gasteiger partial charge in [-0.1, -0.05) is 164 Å². The Balaban J connectivity index is 1.25. The number of aromatic nitrogens is 6. The third-order valence-electron chi connectivity index (χ3n) is 9.59. The molecule has 4 aromatic heterocycles. The normalized spacial score (nSPS) is 11.5. The van der Waals surface area contributed by atoms with Crippen LogP contribution in [0.25, 0.3) is 84.1 Å². The zero-order chi connectivity index (χ0) is 33.7. The highest BCUT2D eigenvalue weighted by molar-refractivity contribution is 5.87. The molecule has 0 atom stereocenters. The average Bonchev–Trinajstić information content (AvgIpc) is 3.97. The fourth-order valence-corrected chi connectivity index (χ4v) is 7.19. The van der Waals surface area contributed by atoms with E-state index in [1.165, 1.54) is 0 Å². The van der Waals surface area contributed by atoms with Gasteiger partial charge in [0.2, 0.25) is 0 Å². The number of fused-ring (bicyclic) bond motifs is 6. The van der Waals surface area contributed by atoms with Crippen LogP contribution >= 0.6 is 0 Å². The predicted molar refractivity (Wildman–Crippen MR) is 205 cm³/mol. The van der Waals surface area contributed by atoms with Crippen LogP contribution < -0.4 is 0 Å². The summed E-state index contributed by atoms with van der Waals surface area (Å²) in [6, 6.07) is 63.2. The van der Waals surface area contributed by atoms with Crippen LogP contribution in [0.2, 0.25) is 0 Å². The number of hydrogen-bond donors (Lipinski definition) is 0. The van der Waals surface area contributed by atoms with Gasteiger partial charge in [-0.05, 0) is 33.4 Å². The third kappa shape index (κ3) is 4.84. The standard InChI is InChI=1S/C45H30N6/c1-4-16-31(17-5-1)34-22-10-13-25-37(34)40-28-43-49(46-40)44-29-41(38-26-14-11-23-35(38)32-18-6-2-7-19-32)48-51(44)45-30-42(47-50(43)45)39-27-15-12-24-36(39)33-20-8-3-9-21-33/h1-30H. The molecule has 0 aliphatic carbocycles. The molecule has 0 unspecified atom stereocenters. The second-order valence-electron chi connectivity index (χ2n) is 12.6. The maximum atomic E-state index is 5.28. The molecule has 0 N–H and O–H groups in total. The third-order valence-corrected chi connectivity index (χ3v) is 9.59. The fourth-order valence-electron chi connectivity index (χ4n) is 7.19. The Labute approximate surface area is 294 Å². The van der Waals surface area contributed by atoms with E-state index in [1.807, 2.05) is 31.7 Å². The lowest BCUT2D eigenvalue weighted by Crippen LogP contribution is -2.04.